The zero-order chi connectivity index (χ0) is 15.3. The van der Waals surface area contributed by atoms with Crippen LogP contribution in [0.25, 0.3) is 27.8 Å². The molecule has 3 aromatic heterocycles. The molecule has 110 valence electrons. The van der Waals surface area contributed by atoms with Crippen LogP contribution in [0.1, 0.15) is 0 Å². The van der Waals surface area contributed by atoms with Crippen molar-refractivity contribution < 1.29 is 9.13 Å². The predicted octanol–water partition coefficient (Wildman–Crippen LogP) is 3.05. The third-order valence-electron chi connectivity index (χ3n) is 3.52. The van der Waals surface area contributed by atoms with Gasteiger partial charge in [0.05, 0.1) is 23.7 Å². The quantitative estimate of drug-likeness (QED) is 0.618. The molecule has 0 aliphatic rings. The number of hydrogen-bond acceptors (Lipinski definition) is 4. The van der Waals surface area contributed by atoms with Crippen molar-refractivity contribution in [1.29, 1.82) is 0 Å². The maximum Gasteiger partial charge on any atom is 0.331 e. The highest BCUT2D eigenvalue weighted by Gasteiger charge is 2.14. The maximum absolute atomic E-state index is 14.2. The molecule has 0 spiro atoms. The van der Waals surface area contributed by atoms with Crippen LogP contribution in [-0.2, 0) is 0 Å². The molecular formula is C15H10FN3O2S. The Morgan fingerprint density at radius 2 is 2.23 bits per heavy atom. The second-order valence-electron chi connectivity index (χ2n) is 4.79. The van der Waals surface area contributed by atoms with E-state index in [-0.39, 0.29) is 5.69 Å². The van der Waals surface area contributed by atoms with E-state index < -0.39 is 5.82 Å². The average molecular weight is 315 g/mol. The number of rotatable bonds is 2. The number of nitrogens with zero attached hydrogens (tertiary/aromatic N) is 2. The van der Waals surface area contributed by atoms with Gasteiger partial charge in [-0.25, -0.2) is 14.2 Å². The number of nitrogens with one attached hydrogen (secondary N) is 1. The van der Waals surface area contributed by atoms with Crippen LogP contribution in [0.4, 0.5) is 4.39 Å². The highest BCUT2D eigenvalue weighted by Crippen LogP contribution is 2.27. The Kier molecular flexibility index (Phi) is 2.77. The molecule has 0 aliphatic heterocycles. The zero-order valence-electron chi connectivity index (χ0n) is 11.5. The fourth-order valence-corrected chi connectivity index (χ4v) is 3.19. The minimum Gasteiger partial charge on any atom is -0.497 e. The van der Waals surface area contributed by atoms with E-state index >= 15 is 0 Å². The third-order valence-corrected chi connectivity index (χ3v) is 4.26. The number of aromatic nitrogens is 3. The van der Waals surface area contributed by atoms with E-state index in [2.05, 4.69) is 9.97 Å². The summed E-state index contributed by atoms with van der Waals surface area (Å²) < 4.78 is 20.6. The summed E-state index contributed by atoms with van der Waals surface area (Å²) in [7, 11) is 1.48. The molecule has 3 heterocycles. The van der Waals surface area contributed by atoms with E-state index in [9.17, 15) is 9.18 Å². The zero-order valence-corrected chi connectivity index (χ0v) is 12.3. The second kappa shape index (κ2) is 4.67. The smallest absolute Gasteiger partial charge is 0.331 e. The summed E-state index contributed by atoms with van der Waals surface area (Å²) in [6, 6.07) is 4.55. The van der Waals surface area contributed by atoms with Crippen LogP contribution in [0.2, 0.25) is 0 Å². The molecule has 1 aromatic carbocycles. The molecule has 0 saturated heterocycles. The van der Waals surface area contributed by atoms with Crippen molar-refractivity contribution in [2.75, 3.05) is 7.11 Å². The summed E-state index contributed by atoms with van der Waals surface area (Å²) in [6.07, 6.45) is 1.54. The van der Waals surface area contributed by atoms with Crippen molar-refractivity contribution in [1.82, 2.24) is 14.4 Å². The molecule has 0 radical (unpaired) electrons. The van der Waals surface area contributed by atoms with Gasteiger partial charge in [0, 0.05) is 28.6 Å². The van der Waals surface area contributed by atoms with Gasteiger partial charge in [-0.1, -0.05) is 0 Å². The van der Waals surface area contributed by atoms with Crippen LogP contribution in [0.3, 0.4) is 0 Å². The number of halogens is 1. The second-order valence-corrected chi connectivity index (χ2v) is 5.54. The van der Waals surface area contributed by atoms with Gasteiger partial charge in [-0.3, -0.25) is 4.40 Å². The first kappa shape index (κ1) is 13.0. The molecular weight excluding hydrogens is 305 g/mol. The van der Waals surface area contributed by atoms with Crippen LogP contribution < -0.4 is 10.4 Å². The molecule has 0 fully saturated rings. The first-order chi connectivity index (χ1) is 10.7. The molecule has 7 heteroatoms. The fraction of sp³-hybridized carbons (Fsp3) is 0.0667. The molecule has 1 N–H and O–H groups in total. The van der Waals surface area contributed by atoms with E-state index in [0.29, 0.717) is 22.7 Å². The monoisotopic (exact) mass is 315 g/mol. The number of hydrogen-bond donors (Lipinski definition) is 1. The fourth-order valence-electron chi connectivity index (χ4n) is 2.43. The Morgan fingerprint density at radius 3 is 3.00 bits per heavy atom. The van der Waals surface area contributed by atoms with Crippen molar-refractivity contribution in [3.05, 3.63) is 51.5 Å². The summed E-state index contributed by atoms with van der Waals surface area (Å²) in [6.45, 7) is 0. The van der Waals surface area contributed by atoms with E-state index in [1.165, 1.54) is 35.1 Å². The Bertz CT molecular complexity index is 1060. The van der Waals surface area contributed by atoms with Crippen molar-refractivity contribution in [3.63, 3.8) is 0 Å². The summed E-state index contributed by atoms with van der Waals surface area (Å²) in [5.74, 6) is -0.0103. The number of benzene rings is 1. The number of fused-ring (bicyclic) bond motifs is 3. The third kappa shape index (κ3) is 1.82. The topological polar surface area (TPSA) is 59.4 Å². The van der Waals surface area contributed by atoms with E-state index in [1.807, 2.05) is 10.8 Å². The van der Waals surface area contributed by atoms with E-state index in [0.717, 1.165) is 10.9 Å². The number of H-pyrrole nitrogens is 1. The van der Waals surface area contributed by atoms with Gasteiger partial charge in [0.25, 0.3) is 0 Å². The highest BCUT2D eigenvalue weighted by atomic mass is 32.1. The molecule has 0 unspecified atom stereocenters. The lowest BCUT2D eigenvalue weighted by Gasteiger charge is -2.02. The molecule has 0 amide bonds. The molecule has 5 nitrogen and oxygen atoms in total. The SMILES string of the molecule is COc1ccc(-c2cn3c(=O)[nH]c4cscc4c3n2)c(F)c1. The Balaban J connectivity index is 2.00. The van der Waals surface area contributed by atoms with E-state index in [4.69, 9.17) is 4.74 Å². The van der Waals surface area contributed by atoms with Crippen LogP contribution in [0.5, 0.6) is 5.75 Å². The summed E-state index contributed by atoms with van der Waals surface area (Å²) in [5.41, 5.74) is 1.69. The Morgan fingerprint density at radius 1 is 1.36 bits per heavy atom. The number of imidazole rings is 1. The lowest BCUT2D eigenvalue weighted by Crippen LogP contribution is -2.14. The predicted molar refractivity (Wildman–Crippen MR) is 83.1 cm³/mol. The Labute approximate surface area is 127 Å². The average Bonchev–Trinajstić information content (AvgIpc) is 3.13. The van der Waals surface area contributed by atoms with Gasteiger partial charge in [0.15, 0.2) is 5.65 Å². The van der Waals surface area contributed by atoms with Crippen molar-refractivity contribution in [2.24, 2.45) is 0 Å². The number of ether oxygens (including phenoxy) is 1. The molecule has 4 aromatic rings. The molecule has 0 saturated carbocycles. The van der Waals surface area contributed by atoms with Crippen LogP contribution in [0, 0.1) is 5.82 Å². The minimum atomic E-state index is -0.444. The first-order valence-corrected chi connectivity index (χ1v) is 7.43. The van der Waals surface area contributed by atoms with Gasteiger partial charge in [0.2, 0.25) is 0 Å². The number of methoxy groups -OCH3 is 1. The number of thiophene rings is 1. The first-order valence-electron chi connectivity index (χ1n) is 6.48. The van der Waals surface area contributed by atoms with Gasteiger partial charge in [-0.05, 0) is 12.1 Å². The largest absolute Gasteiger partial charge is 0.497 e. The summed E-state index contributed by atoms with van der Waals surface area (Å²) >= 11 is 1.48. The summed E-state index contributed by atoms with van der Waals surface area (Å²) in [5, 5.41) is 4.59. The molecule has 0 aliphatic carbocycles. The lowest BCUT2D eigenvalue weighted by molar-refractivity contribution is 0.411. The standard InChI is InChI=1S/C15H10FN3O2S/c1-21-8-2-3-9(11(16)4-8)12-5-19-14(17-12)10-6-22-7-13(10)18-15(19)20/h2-7H,1H3,(H,18,20). The van der Waals surface area contributed by atoms with Crippen molar-refractivity contribution in [2.45, 2.75) is 0 Å². The molecule has 22 heavy (non-hydrogen) atoms. The van der Waals surface area contributed by atoms with Gasteiger partial charge in [-0.2, -0.15) is 0 Å². The number of aromatic amines is 1. The normalized spacial score (nSPS) is 11.4. The van der Waals surface area contributed by atoms with Crippen LogP contribution >= 0.6 is 11.3 Å². The lowest BCUT2D eigenvalue weighted by atomic mass is 10.1. The minimum absolute atomic E-state index is 0.298. The van der Waals surface area contributed by atoms with Gasteiger partial charge >= 0.3 is 5.69 Å². The molecule has 0 bridgehead atoms. The van der Waals surface area contributed by atoms with Crippen LogP contribution in [0.15, 0.2) is 40.0 Å². The Hall–Kier alpha value is -2.67. The van der Waals surface area contributed by atoms with Crippen molar-refractivity contribution in [3.8, 4) is 17.0 Å². The summed E-state index contributed by atoms with van der Waals surface area (Å²) in [4.78, 5) is 19.3. The van der Waals surface area contributed by atoms with Gasteiger partial charge in [0.1, 0.15) is 11.6 Å². The van der Waals surface area contributed by atoms with Crippen LogP contribution in [-0.4, -0.2) is 21.5 Å². The van der Waals surface area contributed by atoms with Gasteiger partial charge in [-0.15, -0.1) is 11.3 Å². The van der Waals surface area contributed by atoms with Gasteiger partial charge < -0.3 is 9.72 Å². The van der Waals surface area contributed by atoms with E-state index in [1.54, 1.807) is 12.1 Å². The van der Waals surface area contributed by atoms with Crippen molar-refractivity contribution >= 4 is 27.9 Å². The highest BCUT2D eigenvalue weighted by molar-refractivity contribution is 7.09. The maximum atomic E-state index is 14.2. The molecule has 4 rings (SSSR count). The molecule has 0 atom stereocenters.